The number of carbonyl (C=O) groups is 1. The van der Waals surface area contributed by atoms with Crippen molar-refractivity contribution in [2.45, 2.75) is 32.9 Å². The summed E-state index contributed by atoms with van der Waals surface area (Å²) in [4.78, 5) is 28.4. The summed E-state index contributed by atoms with van der Waals surface area (Å²) in [7, 11) is 0. The van der Waals surface area contributed by atoms with E-state index in [2.05, 4.69) is 50.7 Å². The van der Waals surface area contributed by atoms with Gasteiger partial charge < -0.3 is 5.32 Å². The van der Waals surface area contributed by atoms with E-state index in [0.717, 1.165) is 66.4 Å². The quantitative estimate of drug-likeness (QED) is 0.227. The molecule has 1 fully saturated rings. The molecule has 2 N–H and O–H groups in total. The van der Waals surface area contributed by atoms with Gasteiger partial charge in [-0.2, -0.15) is 10.2 Å². The highest BCUT2D eigenvalue weighted by atomic mass is 16.2. The van der Waals surface area contributed by atoms with Gasteiger partial charge in [-0.1, -0.05) is 72.8 Å². The minimum Gasteiger partial charge on any atom is -0.321 e. The van der Waals surface area contributed by atoms with Crippen molar-refractivity contribution in [3.63, 3.8) is 0 Å². The molecular formula is C36H34N6O2. The van der Waals surface area contributed by atoms with Gasteiger partial charge in [0.05, 0.1) is 16.6 Å². The Morgan fingerprint density at radius 3 is 2.36 bits per heavy atom. The molecule has 44 heavy (non-hydrogen) atoms. The lowest BCUT2D eigenvalue weighted by atomic mass is 9.96. The molecule has 0 radical (unpaired) electrons. The van der Waals surface area contributed by atoms with E-state index < -0.39 is 0 Å². The summed E-state index contributed by atoms with van der Waals surface area (Å²) in [6, 6.07) is 31.8. The number of aromatic nitrogens is 4. The monoisotopic (exact) mass is 582 g/mol. The van der Waals surface area contributed by atoms with E-state index in [1.54, 1.807) is 6.07 Å². The van der Waals surface area contributed by atoms with Crippen molar-refractivity contribution in [1.82, 2.24) is 24.9 Å². The molecule has 0 spiro atoms. The first kappa shape index (κ1) is 27.7. The van der Waals surface area contributed by atoms with E-state index in [0.29, 0.717) is 28.4 Å². The average Bonchev–Trinajstić information content (AvgIpc) is 3.42. The second kappa shape index (κ2) is 11.9. The molecule has 2 aromatic heterocycles. The van der Waals surface area contributed by atoms with Crippen molar-refractivity contribution < 1.29 is 4.79 Å². The topological polar surface area (TPSA) is 95.9 Å². The zero-order valence-electron chi connectivity index (χ0n) is 24.7. The first-order chi connectivity index (χ1) is 21.5. The van der Waals surface area contributed by atoms with Gasteiger partial charge in [-0.25, -0.2) is 5.10 Å². The van der Waals surface area contributed by atoms with E-state index in [4.69, 9.17) is 5.10 Å². The van der Waals surface area contributed by atoms with E-state index in [-0.39, 0.29) is 11.5 Å². The van der Waals surface area contributed by atoms with Gasteiger partial charge in [-0.05, 0) is 74.2 Å². The first-order valence-electron chi connectivity index (χ1n) is 15.1. The highest BCUT2D eigenvalue weighted by molar-refractivity contribution is 6.11. The highest BCUT2D eigenvalue weighted by Gasteiger charge is 2.23. The normalized spacial score (nSPS) is 14.3. The number of piperidine rings is 1. The van der Waals surface area contributed by atoms with Crippen LogP contribution in [0.5, 0.6) is 0 Å². The number of hydrogen-bond acceptors (Lipinski definition) is 5. The zero-order valence-corrected chi connectivity index (χ0v) is 24.7. The number of benzene rings is 4. The third-order valence-electron chi connectivity index (χ3n) is 8.70. The second-order valence-electron chi connectivity index (χ2n) is 11.7. The molecule has 0 saturated carbocycles. The predicted molar refractivity (Wildman–Crippen MR) is 175 cm³/mol. The van der Waals surface area contributed by atoms with Crippen LogP contribution < -0.4 is 10.9 Å². The Kier molecular flexibility index (Phi) is 7.50. The van der Waals surface area contributed by atoms with Crippen molar-refractivity contribution in [3.8, 4) is 11.3 Å². The summed E-state index contributed by atoms with van der Waals surface area (Å²) in [6.07, 6.45) is 2.21. The fourth-order valence-electron chi connectivity index (χ4n) is 6.37. The molecule has 0 aliphatic carbocycles. The number of amides is 1. The lowest BCUT2D eigenvalue weighted by Gasteiger charge is -2.32. The smallest absolute Gasteiger partial charge is 0.276 e. The molecule has 6 aromatic rings. The largest absolute Gasteiger partial charge is 0.321 e. The number of nitrogens with one attached hydrogen (secondary N) is 2. The molecule has 3 heterocycles. The fourth-order valence-corrected chi connectivity index (χ4v) is 6.37. The van der Waals surface area contributed by atoms with E-state index in [1.807, 2.05) is 72.3 Å². The number of para-hydroxylation sites is 1. The van der Waals surface area contributed by atoms with Crippen LogP contribution in [-0.4, -0.2) is 43.9 Å². The molecule has 7 rings (SSSR count). The summed E-state index contributed by atoms with van der Waals surface area (Å²) in [6.45, 7) is 5.88. The number of aromatic amines is 1. The lowest BCUT2D eigenvalue weighted by Crippen LogP contribution is -2.34. The van der Waals surface area contributed by atoms with Gasteiger partial charge in [0.25, 0.3) is 11.5 Å². The van der Waals surface area contributed by atoms with Crippen LogP contribution in [0.2, 0.25) is 0 Å². The molecule has 0 bridgehead atoms. The molecule has 0 unspecified atom stereocenters. The molecule has 0 atom stereocenters. The lowest BCUT2D eigenvalue weighted by molar-refractivity contribution is 0.102. The molecule has 1 saturated heterocycles. The third-order valence-corrected chi connectivity index (χ3v) is 8.70. The number of anilines is 1. The number of likely N-dealkylation sites (tertiary alicyclic amines) is 1. The second-order valence-corrected chi connectivity index (χ2v) is 11.7. The van der Waals surface area contributed by atoms with Crippen molar-refractivity contribution in [2.24, 2.45) is 5.92 Å². The maximum atomic E-state index is 13.6. The summed E-state index contributed by atoms with van der Waals surface area (Å²) in [5, 5.41) is 17.1. The highest BCUT2D eigenvalue weighted by Crippen LogP contribution is 2.30. The average molecular weight is 583 g/mol. The minimum atomic E-state index is -0.239. The maximum absolute atomic E-state index is 13.6. The standard InChI is InChI=1S/C36H34N6O2/c1-24-21-27(15-16-28(24)33-29-11-5-6-12-30(29)35(43)39-38-33)37-36(44)34-31-13-7-8-14-32(31)42(40-34)23-26-17-19-41(20-18-26)22-25-9-3-2-4-10-25/h2-16,21,26H,17-20,22-23H2,1H3,(H,37,44)(H,39,43). The van der Waals surface area contributed by atoms with Crippen LogP contribution in [-0.2, 0) is 13.1 Å². The minimum absolute atomic E-state index is 0.217. The number of nitrogens with zero attached hydrogens (tertiary/aromatic N) is 4. The summed E-state index contributed by atoms with van der Waals surface area (Å²) in [5.74, 6) is 0.270. The van der Waals surface area contributed by atoms with Crippen LogP contribution in [0.3, 0.4) is 0 Å². The maximum Gasteiger partial charge on any atom is 0.276 e. The van der Waals surface area contributed by atoms with Gasteiger partial charge in [0, 0.05) is 35.1 Å². The first-order valence-corrected chi connectivity index (χ1v) is 15.1. The Labute approximate surface area is 255 Å². The molecule has 8 nitrogen and oxygen atoms in total. The van der Waals surface area contributed by atoms with E-state index in [9.17, 15) is 9.59 Å². The van der Waals surface area contributed by atoms with Gasteiger partial charge >= 0.3 is 0 Å². The number of carbonyl (C=O) groups excluding carboxylic acids is 1. The Morgan fingerprint density at radius 2 is 1.59 bits per heavy atom. The third kappa shape index (κ3) is 5.52. The van der Waals surface area contributed by atoms with Crippen LogP contribution >= 0.6 is 0 Å². The van der Waals surface area contributed by atoms with Crippen molar-refractivity contribution in [1.29, 1.82) is 0 Å². The summed E-state index contributed by atoms with van der Waals surface area (Å²) in [5.41, 5.74) is 5.74. The van der Waals surface area contributed by atoms with Crippen LogP contribution in [0.1, 0.15) is 34.5 Å². The molecular weight excluding hydrogens is 548 g/mol. The number of H-pyrrole nitrogens is 1. The number of fused-ring (bicyclic) bond motifs is 2. The zero-order chi connectivity index (χ0) is 30.0. The van der Waals surface area contributed by atoms with E-state index in [1.165, 1.54) is 5.56 Å². The predicted octanol–water partition coefficient (Wildman–Crippen LogP) is 6.41. The van der Waals surface area contributed by atoms with Gasteiger partial charge in [0.15, 0.2) is 5.69 Å². The molecule has 8 heteroatoms. The molecule has 220 valence electrons. The van der Waals surface area contributed by atoms with Gasteiger partial charge in [0.1, 0.15) is 0 Å². The van der Waals surface area contributed by atoms with Crippen molar-refractivity contribution in [2.75, 3.05) is 18.4 Å². The van der Waals surface area contributed by atoms with Crippen molar-refractivity contribution in [3.05, 3.63) is 124 Å². The Morgan fingerprint density at radius 1 is 0.886 bits per heavy atom. The van der Waals surface area contributed by atoms with Gasteiger partial charge in [0.2, 0.25) is 0 Å². The summed E-state index contributed by atoms with van der Waals surface area (Å²) >= 11 is 0. The molecule has 1 aliphatic heterocycles. The Bertz CT molecular complexity index is 2020. The number of hydrogen-bond donors (Lipinski definition) is 2. The number of rotatable bonds is 7. The van der Waals surface area contributed by atoms with Crippen LogP contribution in [0.25, 0.3) is 32.9 Å². The number of aryl methyl sites for hydroxylation is 1. The molecule has 1 aliphatic rings. The Hall–Kier alpha value is -5.08. The fraction of sp³-hybridized carbons (Fsp3) is 0.222. The summed E-state index contributed by atoms with van der Waals surface area (Å²) < 4.78 is 2.02. The van der Waals surface area contributed by atoms with Crippen molar-refractivity contribution >= 4 is 33.3 Å². The van der Waals surface area contributed by atoms with Crippen LogP contribution in [0, 0.1) is 12.8 Å². The van der Waals surface area contributed by atoms with E-state index >= 15 is 0 Å². The van der Waals surface area contributed by atoms with Crippen LogP contribution in [0.15, 0.2) is 102 Å². The van der Waals surface area contributed by atoms with Crippen LogP contribution in [0.4, 0.5) is 5.69 Å². The molecule has 4 aromatic carbocycles. The molecule has 1 amide bonds. The van der Waals surface area contributed by atoms with Gasteiger partial charge in [-0.15, -0.1) is 0 Å². The Balaban J connectivity index is 1.07. The van der Waals surface area contributed by atoms with Gasteiger partial charge in [-0.3, -0.25) is 19.2 Å². The SMILES string of the molecule is Cc1cc(NC(=O)c2nn(CC3CCN(Cc4ccccc4)CC3)c3ccccc23)ccc1-c1n[nH]c(=O)c2ccccc12.